The molecule has 1 N–H and O–H groups in total. The highest BCUT2D eigenvalue weighted by atomic mass is 32.1. The van der Waals surface area contributed by atoms with Crippen molar-refractivity contribution in [1.82, 2.24) is 15.2 Å². The van der Waals surface area contributed by atoms with Gasteiger partial charge in [0.15, 0.2) is 0 Å². The third-order valence-electron chi connectivity index (χ3n) is 3.97. The Morgan fingerprint density at radius 2 is 2.26 bits per heavy atom. The predicted octanol–water partition coefficient (Wildman–Crippen LogP) is 2.76. The molecule has 1 saturated heterocycles. The first-order valence-corrected chi connectivity index (χ1v) is 8.63. The maximum absolute atomic E-state index is 12.6. The fourth-order valence-corrected chi connectivity index (χ4v) is 3.50. The number of thiophene rings is 1. The van der Waals surface area contributed by atoms with E-state index in [0.717, 1.165) is 36.3 Å². The Balaban J connectivity index is 1.78. The summed E-state index contributed by atoms with van der Waals surface area (Å²) in [6.07, 6.45) is 1.91. The molecule has 6 heteroatoms. The number of nitrogens with zero attached hydrogens (tertiary/aromatic N) is 2. The lowest BCUT2D eigenvalue weighted by atomic mass is 10.1. The largest absolute Gasteiger partial charge is 0.351 e. The lowest BCUT2D eigenvalue weighted by Gasteiger charge is -2.24. The maximum Gasteiger partial charge on any atom is 0.255 e. The standard InChI is InChI=1S/C17H19N3O2S/c1-12(21)18-10-14-4-2-5-15(19-14)16-6-3-8-20(16)17(22)13-7-9-23-11-13/h2,4-5,7,9,11,16H,3,6,8,10H2,1H3,(H,18,21)/t16-/m1/s1. The number of hydrogen-bond acceptors (Lipinski definition) is 4. The van der Waals surface area contributed by atoms with Crippen LogP contribution in [0.25, 0.3) is 0 Å². The average Bonchev–Trinajstić information content (AvgIpc) is 3.23. The number of carbonyl (C=O) groups is 2. The topological polar surface area (TPSA) is 62.3 Å². The quantitative estimate of drug-likeness (QED) is 0.938. The van der Waals surface area contributed by atoms with Crippen LogP contribution in [-0.4, -0.2) is 28.2 Å². The van der Waals surface area contributed by atoms with Gasteiger partial charge in [0.05, 0.1) is 29.5 Å². The Hall–Kier alpha value is -2.21. The van der Waals surface area contributed by atoms with E-state index in [4.69, 9.17) is 0 Å². The lowest BCUT2D eigenvalue weighted by molar-refractivity contribution is -0.119. The highest BCUT2D eigenvalue weighted by Crippen LogP contribution is 2.32. The Labute approximate surface area is 139 Å². The fraction of sp³-hybridized carbons (Fsp3) is 0.353. The minimum Gasteiger partial charge on any atom is -0.351 e. The molecule has 1 atom stereocenters. The van der Waals surface area contributed by atoms with Gasteiger partial charge in [0.25, 0.3) is 5.91 Å². The SMILES string of the molecule is CC(=O)NCc1cccc([C@H]2CCCN2C(=O)c2ccsc2)n1. The molecular weight excluding hydrogens is 310 g/mol. The highest BCUT2D eigenvalue weighted by molar-refractivity contribution is 7.08. The summed E-state index contributed by atoms with van der Waals surface area (Å²) in [7, 11) is 0. The first-order chi connectivity index (χ1) is 11.1. The molecule has 2 aromatic heterocycles. The van der Waals surface area contributed by atoms with Crippen molar-refractivity contribution in [2.24, 2.45) is 0 Å². The molecule has 0 unspecified atom stereocenters. The van der Waals surface area contributed by atoms with Gasteiger partial charge < -0.3 is 10.2 Å². The second-order valence-corrected chi connectivity index (χ2v) is 6.41. The first kappa shape index (κ1) is 15.7. The van der Waals surface area contributed by atoms with E-state index < -0.39 is 0 Å². The van der Waals surface area contributed by atoms with Gasteiger partial charge in [-0.25, -0.2) is 0 Å². The predicted molar refractivity (Wildman–Crippen MR) is 89.1 cm³/mol. The van der Waals surface area contributed by atoms with Crippen molar-refractivity contribution >= 4 is 23.2 Å². The number of pyridine rings is 1. The van der Waals surface area contributed by atoms with Crippen LogP contribution in [0, 0.1) is 0 Å². The zero-order chi connectivity index (χ0) is 16.2. The number of amides is 2. The first-order valence-electron chi connectivity index (χ1n) is 7.68. The molecule has 1 aliphatic rings. The molecule has 0 aliphatic carbocycles. The molecule has 0 radical (unpaired) electrons. The monoisotopic (exact) mass is 329 g/mol. The van der Waals surface area contributed by atoms with Crippen molar-refractivity contribution in [1.29, 1.82) is 0 Å². The summed E-state index contributed by atoms with van der Waals surface area (Å²) in [5.74, 6) is -0.00449. The van der Waals surface area contributed by atoms with E-state index in [2.05, 4.69) is 10.3 Å². The summed E-state index contributed by atoms with van der Waals surface area (Å²) in [5.41, 5.74) is 2.46. The Bertz CT molecular complexity index is 700. The Morgan fingerprint density at radius 1 is 1.39 bits per heavy atom. The molecule has 0 spiro atoms. The van der Waals surface area contributed by atoms with Crippen LogP contribution in [0.15, 0.2) is 35.0 Å². The summed E-state index contributed by atoms with van der Waals surface area (Å²) in [4.78, 5) is 30.2. The molecule has 1 aliphatic heterocycles. The molecule has 3 heterocycles. The minimum absolute atomic E-state index is 0.0136. The van der Waals surface area contributed by atoms with Crippen LogP contribution in [0.5, 0.6) is 0 Å². The summed E-state index contributed by atoms with van der Waals surface area (Å²) in [5, 5.41) is 6.56. The molecule has 120 valence electrons. The third kappa shape index (κ3) is 3.59. The van der Waals surface area contributed by atoms with Crippen LogP contribution >= 0.6 is 11.3 Å². The lowest BCUT2D eigenvalue weighted by Crippen LogP contribution is -2.31. The molecule has 23 heavy (non-hydrogen) atoms. The van der Waals surface area contributed by atoms with Crippen LogP contribution in [0.3, 0.4) is 0 Å². The molecule has 0 saturated carbocycles. The van der Waals surface area contributed by atoms with Crippen molar-refractivity contribution in [2.45, 2.75) is 32.4 Å². The van der Waals surface area contributed by atoms with Gasteiger partial charge in [0.1, 0.15) is 0 Å². The molecule has 3 rings (SSSR count). The van der Waals surface area contributed by atoms with Crippen molar-refractivity contribution in [2.75, 3.05) is 6.54 Å². The highest BCUT2D eigenvalue weighted by Gasteiger charge is 2.31. The van der Waals surface area contributed by atoms with E-state index in [9.17, 15) is 9.59 Å². The third-order valence-corrected chi connectivity index (χ3v) is 4.65. The number of likely N-dealkylation sites (tertiary alicyclic amines) is 1. The van der Waals surface area contributed by atoms with Gasteiger partial charge in [0, 0.05) is 18.8 Å². The van der Waals surface area contributed by atoms with E-state index in [1.165, 1.54) is 18.3 Å². The van der Waals surface area contributed by atoms with Crippen LogP contribution in [0.2, 0.25) is 0 Å². The minimum atomic E-state index is -0.0765. The smallest absolute Gasteiger partial charge is 0.255 e. The molecule has 2 amide bonds. The summed E-state index contributed by atoms with van der Waals surface area (Å²) < 4.78 is 0. The van der Waals surface area contributed by atoms with Crippen molar-refractivity contribution in [3.63, 3.8) is 0 Å². The van der Waals surface area contributed by atoms with Crippen LogP contribution in [0.1, 0.15) is 47.6 Å². The van der Waals surface area contributed by atoms with Crippen molar-refractivity contribution < 1.29 is 9.59 Å². The molecular formula is C17H19N3O2S. The number of rotatable bonds is 4. The van der Waals surface area contributed by atoms with Gasteiger partial charge in [-0.1, -0.05) is 6.07 Å². The molecule has 0 bridgehead atoms. The van der Waals surface area contributed by atoms with Gasteiger partial charge in [0.2, 0.25) is 5.91 Å². The van der Waals surface area contributed by atoms with Gasteiger partial charge in [-0.2, -0.15) is 11.3 Å². The molecule has 0 aromatic carbocycles. The van der Waals surface area contributed by atoms with E-state index in [1.807, 2.05) is 39.9 Å². The van der Waals surface area contributed by atoms with Gasteiger partial charge >= 0.3 is 0 Å². The Kier molecular flexibility index (Phi) is 4.71. The van der Waals surface area contributed by atoms with E-state index in [1.54, 1.807) is 0 Å². The second-order valence-electron chi connectivity index (χ2n) is 5.63. The normalized spacial score (nSPS) is 17.3. The summed E-state index contributed by atoms with van der Waals surface area (Å²) in [6.45, 7) is 2.66. The van der Waals surface area contributed by atoms with E-state index >= 15 is 0 Å². The van der Waals surface area contributed by atoms with Crippen LogP contribution in [-0.2, 0) is 11.3 Å². The second kappa shape index (κ2) is 6.91. The maximum atomic E-state index is 12.6. The number of hydrogen-bond donors (Lipinski definition) is 1. The van der Waals surface area contributed by atoms with Gasteiger partial charge in [-0.15, -0.1) is 0 Å². The summed E-state index contributed by atoms with van der Waals surface area (Å²) in [6, 6.07) is 7.66. The summed E-state index contributed by atoms with van der Waals surface area (Å²) >= 11 is 1.53. The van der Waals surface area contributed by atoms with Crippen molar-refractivity contribution in [3.05, 3.63) is 52.0 Å². The molecule has 2 aromatic rings. The Morgan fingerprint density at radius 3 is 3.00 bits per heavy atom. The fourth-order valence-electron chi connectivity index (χ4n) is 2.87. The van der Waals surface area contributed by atoms with E-state index in [0.29, 0.717) is 6.54 Å². The number of nitrogens with one attached hydrogen (secondary N) is 1. The average molecular weight is 329 g/mol. The van der Waals surface area contributed by atoms with Crippen LogP contribution < -0.4 is 5.32 Å². The van der Waals surface area contributed by atoms with Gasteiger partial charge in [-0.05, 0) is 36.4 Å². The number of carbonyl (C=O) groups excluding carboxylic acids is 2. The van der Waals surface area contributed by atoms with Crippen molar-refractivity contribution in [3.8, 4) is 0 Å². The van der Waals surface area contributed by atoms with E-state index in [-0.39, 0.29) is 17.9 Å². The molecule has 5 nitrogen and oxygen atoms in total. The zero-order valence-electron chi connectivity index (χ0n) is 13.0. The molecule has 1 fully saturated rings. The van der Waals surface area contributed by atoms with Crippen LogP contribution in [0.4, 0.5) is 0 Å². The van der Waals surface area contributed by atoms with Gasteiger partial charge in [-0.3, -0.25) is 14.6 Å². The number of aromatic nitrogens is 1. The zero-order valence-corrected chi connectivity index (χ0v) is 13.8.